The molecule has 0 aliphatic rings. The number of nitrogens with one attached hydrogen (secondary N) is 2. The Hall–Kier alpha value is -3.01. The summed E-state index contributed by atoms with van der Waals surface area (Å²) in [7, 11) is -3.16. The molecule has 7 nitrogen and oxygen atoms in total. The first-order valence-corrected chi connectivity index (χ1v) is 9.13. The molecule has 0 aromatic heterocycles. The molecular weight excluding hydrogens is 382 g/mol. The number of benzene rings is 2. The molecule has 0 fully saturated rings. The van der Waals surface area contributed by atoms with Crippen LogP contribution in [-0.2, 0) is 19.6 Å². The summed E-state index contributed by atoms with van der Waals surface area (Å²) in [5.74, 6) is -3.62. The summed E-state index contributed by atoms with van der Waals surface area (Å²) in [6.07, 6.45) is -1.12. The van der Waals surface area contributed by atoms with Crippen LogP contribution in [0.1, 0.15) is 17.3 Å². The molecule has 0 saturated carbocycles. The molecule has 0 bridgehead atoms. The maximum Gasteiger partial charge on any atom is 0.341 e. The number of hydrogen-bond acceptors (Lipinski definition) is 5. The highest BCUT2D eigenvalue weighted by atomic mass is 32.2. The maximum absolute atomic E-state index is 13.8. The molecule has 0 unspecified atom stereocenters. The van der Waals surface area contributed by atoms with E-state index in [1.807, 2.05) is 4.72 Å². The first-order valence-electron chi connectivity index (χ1n) is 7.65. The third kappa shape index (κ3) is 4.79. The number of ether oxygens (including phenoxy) is 1. The quantitative estimate of drug-likeness (QED) is 0.726. The van der Waals surface area contributed by atoms with Crippen LogP contribution in [0.4, 0.5) is 14.5 Å². The molecule has 0 aliphatic carbocycles. The number of sulfonamides is 1. The number of halogens is 2. The monoisotopic (exact) mass is 398 g/mol. The molecule has 144 valence electrons. The zero-order valence-corrected chi connectivity index (χ0v) is 15.1. The second-order valence-corrected chi connectivity index (χ2v) is 7.04. The van der Waals surface area contributed by atoms with Crippen molar-refractivity contribution >= 4 is 27.6 Å². The van der Waals surface area contributed by atoms with E-state index in [0.717, 1.165) is 6.07 Å². The van der Waals surface area contributed by atoms with E-state index in [0.29, 0.717) is 12.1 Å². The van der Waals surface area contributed by atoms with Crippen LogP contribution in [0.25, 0.3) is 0 Å². The average molecular weight is 398 g/mol. The predicted molar refractivity (Wildman–Crippen MR) is 92.6 cm³/mol. The van der Waals surface area contributed by atoms with Gasteiger partial charge in [0.15, 0.2) is 6.10 Å². The molecule has 1 amide bonds. The van der Waals surface area contributed by atoms with Gasteiger partial charge in [0.25, 0.3) is 15.9 Å². The number of para-hydroxylation sites is 1. The van der Waals surface area contributed by atoms with Crippen molar-refractivity contribution in [2.45, 2.75) is 17.9 Å². The number of esters is 1. The Kier molecular flexibility index (Phi) is 6.11. The summed E-state index contributed by atoms with van der Waals surface area (Å²) in [5.41, 5.74) is -0.413. The molecule has 2 N–H and O–H groups in total. The Balaban J connectivity index is 2.34. The second-order valence-electron chi connectivity index (χ2n) is 5.39. The van der Waals surface area contributed by atoms with E-state index in [9.17, 15) is 26.8 Å². The Morgan fingerprint density at radius 1 is 1.11 bits per heavy atom. The molecule has 10 heteroatoms. The number of carbonyl (C=O) groups excluding carboxylic acids is 2. The van der Waals surface area contributed by atoms with Gasteiger partial charge in [0.05, 0.1) is 11.3 Å². The van der Waals surface area contributed by atoms with Crippen LogP contribution < -0.4 is 10.0 Å². The van der Waals surface area contributed by atoms with Gasteiger partial charge in [-0.05, 0) is 37.3 Å². The fraction of sp³-hybridized carbons (Fsp3) is 0.176. The lowest BCUT2D eigenvalue weighted by Crippen LogP contribution is -2.33. The van der Waals surface area contributed by atoms with E-state index in [4.69, 9.17) is 4.74 Å². The number of hydrogen-bond donors (Lipinski definition) is 2. The molecule has 1 atom stereocenters. The summed E-state index contributed by atoms with van der Waals surface area (Å²) in [5, 5.41) is 2.30. The fourth-order valence-corrected chi connectivity index (χ4v) is 3.28. The third-order valence-electron chi connectivity index (χ3n) is 3.47. The highest BCUT2D eigenvalue weighted by molar-refractivity contribution is 7.92. The van der Waals surface area contributed by atoms with Gasteiger partial charge in [-0.1, -0.05) is 12.1 Å². The van der Waals surface area contributed by atoms with Gasteiger partial charge in [0, 0.05) is 7.05 Å². The van der Waals surface area contributed by atoms with Gasteiger partial charge in [-0.3, -0.25) is 9.52 Å². The van der Waals surface area contributed by atoms with E-state index in [1.165, 1.54) is 38.2 Å². The van der Waals surface area contributed by atoms with Gasteiger partial charge in [0.2, 0.25) is 0 Å². The van der Waals surface area contributed by atoms with Gasteiger partial charge in [-0.25, -0.2) is 22.0 Å². The van der Waals surface area contributed by atoms with Crippen LogP contribution >= 0.6 is 0 Å². The van der Waals surface area contributed by atoms with E-state index < -0.39 is 44.5 Å². The normalized spacial score (nSPS) is 12.1. The lowest BCUT2D eigenvalue weighted by Gasteiger charge is -2.15. The Bertz CT molecular complexity index is 979. The number of carbonyl (C=O) groups is 2. The Morgan fingerprint density at radius 3 is 2.44 bits per heavy atom. The first-order chi connectivity index (χ1) is 12.7. The molecule has 2 aromatic rings. The molecule has 0 aliphatic heterocycles. The summed E-state index contributed by atoms with van der Waals surface area (Å²) in [4.78, 5) is 22.8. The molecule has 2 rings (SSSR count). The molecule has 0 heterocycles. The second kappa shape index (κ2) is 8.12. The van der Waals surface area contributed by atoms with Crippen molar-refractivity contribution in [3.05, 3.63) is 59.7 Å². The number of anilines is 1. The molecule has 27 heavy (non-hydrogen) atoms. The van der Waals surface area contributed by atoms with Crippen LogP contribution in [0.15, 0.2) is 47.4 Å². The van der Waals surface area contributed by atoms with Gasteiger partial charge >= 0.3 is 5.97 Å². The summed E-state index contributed by atoms with van der Waals surface area (Å²) < 4.78 is 58.9. The minimum Gasteiger partial charge on any atom is -0.449 e. The van der Waals surface area contributed by atoms with Crippen molar-refractivity contribution in [3.8, 4) is 0 Å². The van der Waals surface area contributed by atoms with Crippen LogP contribution in [0, 0.1) is 11.6 Å². The summed E-state index contributed by atoms with van der Waals surface area (Å²) in [6, 6.07) is 7.36. The lowest BCUT2D eigenvalue weighted by molar-refractivity contribution is -0.128. The van der Waals surface area contributed by atoms with Crippen molar-refractivity contribution < 1.29 is 31.5 Å². The fourth-order valence-electron chi connectivity index (χ4n) is 2.11. The van der Waals surface area contributed by atoms with Crippen LogP contribution in [0.3, 0.4) is 0 Å². The van der Waals surface area contributed by atoms with Gasteiger partial charge < -0.3 is 10.1 Å². The van der Waals surface area contributed by atoms with Crippen molar-refractivity contribution in [1.29, 1.82) is 0 Å². The zero-order chi connectivity index (χ0) is 20.2. The van der Waals surface area contributed by atoms with Crippen molar-refractivity contribution in [2.75, 3.05) is 11.8 Å². The lowest BCUT2D eigenvalue weighted by atomic mass is 10.2. The third-order valence-corrected chi connectivity index (χ3v) is 4.85. The standard InChI is InChI=1S/C17H16F2N2O5S/c1-10(16(22)20-2)26-17(23)12-5-3-4-6-14(12)21-27(24,25)15-9-11(18)7-8-13(15)19/h3-10,21H,1-2H3,(H,20,22)/t10-/m0/s1. The average Bonchev–Trinajstić information content (AvgIpc) is 2.62. The molecule has 2 aromatic carbocycles. The van der Waals surface area contributed by atoms with Crippen molar-refractivity contribution in [3.63, 3.8) is 0 Å². The topological polar surface area (TPSA) is 102 Å². The smallest absolute Gasteiger partial charge is 0.341 e. The summed E-state index contributed by atoms with van der Waals surface area (Å²) in [6.45, 7) is 1.34. The Morgan fingerprint density at radius 2 is 1.78 bits per heavy atom. The van der Waals surface area contributed by atoms with E-state index in [-0.39, 0.29) is 11.3 Å². The van der Waals surface area contributed by atoms with Gasteiger partial charge in [-0.15, -0.1) is 0 Å². The first kappa shape index (κ1) is 20.3. The van der Waals surface area contributed by atoms with Crippen molar-refractivity contribution in [2.24, 2.45) is 0 Å². The predicted octanol–water partition coefficient (Wildman–Crippen LogP) is 2.06. The molecule has 0 saturated heterocycles. The van der Waals surface area contributed by atoms with E-state index in [1.54, 1.807) is 0 Å². The van der Waals surface area contributed by atoms with Gasteiger partial charge in [-0.2, -0.15) is 0 Å². The van der Waals surface area contributed by atoms with Crippen LogP contribution in [0.2, 0.25) is 0 Å². The van der Waals surface area contributed by atoms with Crippen LogP contribution in [-0.4, -0.2) is 33.4 Å². The minimum atomic E-state index is -4.52. The van der Waals surface area contributed by atoms with E-state index in [2.05, 4.69) is 5.32 Å². The summed E-state index contributed by atoms with van der Waals surface area (Å²) >= 11 is 0. The largest absolute Gasteiger partial charge is 0.449 e. The number of rotatable bonds is 6. The number of amides is 1. The zero-order valence-electron chi connectivity index (χ0n) is 14.3. The number of likely N-dealkylation sites (N-methyl/N-ethyl adjacent to an activating group) is 1. The van der Waals surface area contributed by atoms with Crippen LogP contribution in [0.5, 0.6) is 0 Å². The van der Waals surface area contributed by atoms with E-state index >= 15 is 0 Å². The minimum absolute atomic E-state index is 0.200. The molecular formula is C17H16F2N2O5S. The van der Waals surface area contributed by atoms with Gasteiger partial charge in [0.1, 0.15) is 16.5 Å². The van der Waals surface area contributed by atoms with Crippen molar-refractivity contribution in [1.82, 2.24) is 5.32 Å². The molecule has 0 radical (unpaired) electrons. The Labute approximate surface area is 154 Å². The maximum atomic E-state index is 13.8. The molecule has 0 spiro atoms. The highest BCUT2D eigenvalue weighted by Crippen LogP contribution is 2.23. The highest BCUT2D eigenvalue weighted by Gasteiger charge is 2.24. The SMILES string of the molecule is CNC(=O)[C@H](C)OC(=O)c1ccccc1NS(=O)(=O)c1cc(F)ccc1F.